The summed E-state index contributed by atoms with van der Waals surface area (Å²) >= 11 is 0. The smallest absolute Gasteiger partial charge is 0.258 e. The molecule has 1 aromatic carbocycles. The lowest BCUT2D eigenvalue weighted by atomic mass is 10.1. The van der Waals surface area contributed by atoms with Gasteiger partial charge in [0.15, 0.2) is 0 Å². The number of rotatable bonds is 5. The SMILES string of the molecule is C=C(C)COc1ccccc1NC(=O)c1cc(C)nc2onc(C)c12. The first-order valence-electron chi connectivity index (χ1n) is 7.87. The van der Waals surface area contributed by atoms with Crippen LogP contribution >= 0.6 is 0 Å². The largest absolute Gasteiger partial charge is 0.487 e. The number of aromatic nitrogens is 2. The van der Waals surface area contributed by atoms with Crippen molar-refractivity contribution in [2.45, 2.75) is 20.8 Å². The topological polar surface area (TPSA) is 77.2 Å². The first-order chi connectivity index (χ1) is 12.0. The van der Waals surface area contributed by atoms with E-state index in [0.717, 1.165) is 5.57 Å². The van der Waals surface area contributed by atoms with Crippen LogP contribution in [0, 0.1) is 13.8 Å². The number of para-hydroxylation sites is 2. The molecule has 6 nitrogen and oxygen atoms in total. The lowest BCUT2D eigenvalue weighted by molar-refractivity contribution is 0.102. The van der Waals surface area contributed by atoms with Gasteiger partial charge in [0.1, 0.15) is 12.4 Å². The third-order valence-electron chi connectivity index (χ3n) is 3.60. The molecule has 25 heavy (non-hydrogen) atoms. The van der Waals surface area contributed by atoms with E-state index >= 15 is 0 Å². The van der Waals surface area contributed by atoms with Crippen LogP contribution in [0.15, 0.2) is 47.0 Å². The van der Waals surface area contributed by atoms with Crippen LogP contribution < -0.4 is 10.1 Å². The van der Waals surface area contributed by atoms with Crippen LogP contribution in [0.5, 0.6) is 5.75 Å². The molecule has 0 radical (unpaired) electrons. The minimum Gasteiger partial charge on any atom is -0.487 e. The molecule has 0 aliphatic carbocycles. The van der Waals surface area contributed by atoms with Crippen molar-refractivity contribution >= 4 is 22.7 Å². The van der Waals surface area contributed by atoms with Crippen LogP contribution in [0.25, 0.3) is 11.1 Å². The molecule has 0 spiro atoms. The molecular formula is C19H19N3O3. The van der Waals surface area contributed by atoms with E-state index in [2.05, 4.69) is 22.0 Å². The zero-order chi connectivity index (χ0) is 18.0. The van der Waals surface area contributed by atoms with E-state index in [9.17, 15) is 4.79 Å². The molecule has 0 unspecified atom stereocenters. The average Bonchev–Trinajstić information content (AvgIpc) is 2.94. The van der Waals surface area contributed by atoms with Crippen molar-refractivity contribution in [3.8, 4) is 5.75 Å². The van der Waals surface area contributed by atoms with Gasteiger partial charge >= 0.3 is 0 Å². The number of anilines is 1. The molecule has 1 N–H and O–H groups in total. The van der Waals surface area contributed by atoms with E-state index in [1.807, 2.05) is 19.1 Å². The van der Waals surface area contributed by atoms with Crippen molar-refractivity contribution in [1.82, 2.24) is 10.1 Å². The summed E-state index contributed by atoms with van der Waals surface area (Å²) in [5.74, 6) is 0.316. The Morgan fingerprint density at radius 1 is 1.32 bits per heavy atom. The van der Waals surface area contributed by atoms with Gasteiger partial charge in [-0.25, -0.2) is 4.98 Å². The number of hydrogen-bond donors (Lipinski definition) is 1. The second kappa shape index (κ2) is 6.76. The third kappa shape index (κ3) is 3.52. The molecule has 3 rings (SSSR count). The quantitative estimate of drug-likeness (QED) is 0.711. The van der Waals surface area contributed by atoms with Crippen molar-refractivity contribution in [1.29, 1.82) is 0 Å². The van der Waals surface area contributed by atoms with Gasteiger partial charge in [-0.2, -0.15) is 0 Å². The maximum Gasteiger partial charge on any atom is 0.258 e. The van der Waals surface area contributed by atoms with Gasteiger partial charge in [0, 0.05) is 5.69 Å². The summed E-state index contributed by atoms with van der Waals surface area (Å²) < 4.78 is 10.9. The number of ether oxygens (including phenoxy) is 1. The molecule has 0 aliphatic rings. The highest BCUT2D eigenvalue weighted by molar-refractivity contribution is 6.12. The van der Waals surface area contributed by atoms with Gasteiger partial charge in [-0.1, -0.05) is 23.9 Å². The zero-order valence-corrected chi connectivity index (χ0v) is 14.4. The molecule has 3 aromatic rings. The molecule has 0 bridgehead atoms. The van der Waals surface area contributed by atoms with Gasteiger partial charge in [0.25, 0.3) is 11.6 Å². The van der Waals surface area contributed by atoms with E-state index in [1.165, 1.54) is 0 Å². The van der Waals surface area contributed by atoms with E-state index in [4.69, 9.17) is 9.26 Å². The lowest BCUT2D eigenvalue weighted by Gasteiger charge is -2.13. The molecular weight excluding hydrogens is 318 g/mol. The van der Waals surface area contributed by atoms with Gasteiger partial charge in [-0.15, -0.1) is 0 Å². The number of aryl methyl sites for hydroxylation is 2. The van der Waals surface area contributed by atoms with Crippen LogP contribution in [-0.2, 0) is 0 Å². The normalized spacial score (nSPS) is 10.7. The Bertz CT molecular complexity index is 960. The fraction of sp³-hybridized carbons (Fsp3) is 0.211. The van der Waals surface area contributed by atoms with Crippen molar-refractivity contribution in [2.75, 3.05) is 11.9 Å². The average molecular weight is 337 g/mol. The minimum absolute atomic E-state index is 0.270. The molecule has 0 saturated carbocycles. The highest BCUT2D eigenvalue weighted by atomic mass is 16.5. The van der Waals surface area contributed by atoms with Gasteiger partial charge in [-0.3, -0.25) is 4.79 Å². The number of amides is 1. The number of benzene rings is 1. The number of fused-ring (bicyclic) bond motifs is 1. The monoisotopic (exact) mass is 337 g/mol. The maximum absolute atomic E-state index is 12.8. The summed E-state index contributed by atoms with van der Waals surface area (Å²) in [5.41, 5.74) is 3.61. The summed E-state index contributed by atoms with van der Waals surface area (Å²) in [5, 5.41) is 7.41. The minimum atomic E-state index is -0.270. The summed E-state index contributed by atoms with van der Waals surface area (Å²) in [6.45, 7) is 9.67. The van der Waals surface area contributed by atoms with Crippen molar-refractivity contribution < 1.29 is 14.1 Å². The van der Waals surface area contributed by atoms with E-state index in [-0.39, 0.29) is 5.91 Å². The molecule has 0 saturated heterocycles. The number of carbonyl (C=O) groups excluding carboxylic acids is 1. The van der Waals surface area contributed by atoms with Crippen LogP contribution in [0.3, 0.4) is 0 Å². The Balaban J connectivity index is 1.94. The molecule has 0 fully saturated rings. The second-order valence-electron chi connectivity index (χ2n) is 5.96. The zero-order valence-electron chi connectivity index (χ0n) is 14.4. The molecule has 6 heteroatoms. The fourth-order valence-electron chi connectivity index (χ4n) is 2.48. The molecule has 128 valence electrons. The number of carbonyl (C=O) groups is 1. The Labute approximate surface area is 145 Å². The predicted molar refractivity (Wildman–Crippen MR) is 96.0 cm³/mol. The maximum atomic E-state index is 12.8. The number of hydrogen-bond acceptors (Lipinski definition) is 5. The lowest BCUT2D eigenvalue weighted by Crippen LogP contribution is -2.14. The molecule has 0 atom stereocenters. The van der Waals surface area contributed by atoms with E-state index in [0.29, 0.717) is 46.1 Å². The van der Waals surface area contributed by atoms with Crippen LogP contribution in [0.4, 0.5) is 5.69 Å². The highest BCUT2D eigenvalue weighted by Crippen LogP contribution is 2.27. The number of nitrogens with one attached hydrogen (secondary N) is 1. The Morgan fingerprint density at radius 3 is 2.84 bits per heavy atom. The van der Waals surface area contributed by atoms with Crippen LogP contribution in [0.2, 0.25) is 0 Å². The predicted octanol–water partition coefficient (Wildman–Crippen LogP) is 4.05. The van der Waals surface area contributed by atoms with Crippen molar-refractivity contribution in [2.24, 2.45) is 0 Å². The Morgan fingerprint density at radius 2 is 2.08 bits per heavy atom. The van der Waals surface area contributed by atoms with Gasteiger partial charge < -0.3 is 14.6 Å². The van der Waals surface area contributed by atoms with Crippen molar-refractivity contribution in [3.05, 3.63) is 59.4 Å². The number of nitrogens with zero attached hydrogens (tertiary/aromatic N) is 2. The molecule has 2 heterocycles. The van der Waals surface area contributed by atoms with E-state index < -0.39 is 0 Å². The van der Waals surface area contributed by atoms with Gasteiger partial charge in [-0.05, 0) is 44.5 Å². The highest BCUT2D eigenvalue weighted by Gasteiger charge is 2.19. The molecule has 1 amide bonds. The number of pyridine rings is 1. The summed E-state index contributed by atoms with van der Waals surface area (Å²) in [6.07, 6.45) is 0. The summed E-state index contributed by atoms with van der Waals surface area (Å²) in [7, 11) is 0. The van der Waals surface area contributed by atoms with Gasteiger partial charge in [0.05, 0.1) is 22.3 Å². The van der Waals surface area contributed by atoms with Gasteiger partial charge in [0.2, 0.25) is 0 Å². The molecule has 0 aliphatic heterocycles. The molecule has 2 aromatic heterocycles. The van der Waals surface area contributed by atoms with Crippen LogP contribution in [-0.4, -0.2) is 22.7 Å². The third-order valence-corrected chi connectivity index (χ3v) is 3.60. The van der Waals surface area contributed by atoms with Crippen molar-refractivity contribution in [3.63, 3.8) is 0 Å². The first-order valence-corrected chi connectivity index (χ1v) is 7.87. The first kappa shape index (κ1) is 16.7. The van der Waals surface area contributed by atoms with E-state index in [1.54, 1.807) is 32.0 Å². The standard InChI is InChI=1S/C19H19N3O3/c1-11(2)10-24-16-8-6-5-7-15(16)21-18(23)14-9-12(3)20-19-17(14)13(4)22-25-19/h5-9H,1,10H2,2-4H3,(H,21,23). The Kier molecular flexibility index (Phi) is 4.52. The Hall–Kier alpha value is -3.15. The van der Waals surface area contributed by atoms with Crippen LogP contribution in [0.1, 0.15) is 28.7 Å². The second-order valence-corrected chi connectivity index (χ2v) is 5.96. The summed E-state index contributed by atoms with van der Waals surface area (Å²) in [4.78, 5) is 17.1. The fourth-order valence-corrected chi connectivity index (χ4v) is 2.48. The summed E-state index contributed by atoms with van der Waals surface area (Å²) in [6, 6.07) is 9.00.